The molecule has 0 radical (unpaired) electrons. The lowest BCUT2D eigenvalue weighted by Gasteiger charge is -2.38. The van der Waals surface area contributed by atoms with Gasteiger partial charge in [0.25, 0.3) is 5.91 Å². The van der Waals surface area contributed by atoms with Crippen molar-refractivity contribution < 1.29 is 9.32 Å². The Morgan fingerprint density at radius 3 is 2.84 bits per heavy atom. The van der Waals surface area contributed by atoms with Crippen LogP contribution in [0.3, 0.4) is 0 Å². The Labute approximate surface area is 188 Å². The highest BCUT2D eigenvalue weighted by molar-refractivity contribution is 7.13. The fraction of sp³-hybridized carbons (Fsp3) is 0.217. The molecule has 1 fully saturated rings. The maximum atomic E-state index is 13.3. The molecule has 156 valence electrons. The molecule has 0 aliphatic carbocycles. The number of likely N-dealkylation sites (tertiary alicyclic amines) is 1. The van der Waals surface area contributed by atoms with E-state index in [2.05, 4.69) is 21.2 Å². The van der Waals surface area contributed by atoms with E-state index in [1.54, 1.807) is 10.4 Å². The first kappa shape index (κ1) is 19.9. The summed E-state index contributed by atoms with van der Waals surface area (Å²) in [6.07, 6.45) is 0.770. The van der Waals surface area contributed by atoms with Crippen LogP contribution in [0.25, 0.3) is 21.8 Å². The van der Waals surface area contributed by atoms with Gasteiger partial charge in [-0.15, -0.1) is 11.3 Å². The highest BCUT2D eigenvalue weighted by Gasteiger charge is 2.39. The molecule has 1 atom stereocenters. The molecule has 1 amide bonds. The third-order valence-corrected chi connectivity index (χ3v) is 6.85. The molecule has 1 aliphatic heterocycles. The summed E-state index contributed by atoms with van der Waals surface area (Å²) < 4.78 is 5.53. The van der Waals surface area contributed by atoms with Gasteiger partial charge in [0.15, 0.2) is 0 Å². The molecule has 1 aliphatic rings. The van der Waals surface area contributed by atoms with Crippen molar-refractivity contribution in [2.75, 3.05) is 6.54 Å². The first-order chi connectivity index (χ1) is 15.0. The van der Waals surface area contributed by atoms with Crippen LogP contribution in [0.5, 0.6) is 0 Å². The standard InChI is InChI=1S/C23H19ClN4O2S/c1-13-5-3-6-15(11-13)20-19(25-12-31-20)23(29)28-10-9-18(28)22-26-21(27-30-22)16-7-4-8-17(24)14(16)2/h3-8,11-12,18H,9-10H2,1-2H3. The van der Waals surface area contributed by atoms with Crippen molar-refractivity contribution in [3.8, 4) is 21.8 Å². The van der Waals surface area contributed by atoms with Gasteiger partial charge in [0, 0.05) is 17.1 Å². The molecule has 0 saturated carbocycles. The number of benzene rings is 2. The molecule has 0 N–H and O–H groups in total. The summed E-state index contributed by atoms with van der Waals surface area (Å²) in [5, 5.41) is 4.78. The largest absolute Gasteiger partial charge is 0.337 e. The Bertz CT molecular complexity index is 1280. The molecule has 31 heavy (non-hydrogen) atoms. The van der Waals surface area contributed by atoms with Crippen LogP contribution in [0, 0.1) is 13.8 Å². The average molecular weight is 451 g/mol. The molecular formula is C23H19ClN4O2S. The normalized spacial score (nSPS) is 15.7. The number of aryl methyl sites for hydroxylation is 1. The van der Waals surface area contributed by atoms with Crippen molar-refractivity contribution in [1.29, 1.82) is 0 Å². The van der Waals surface area contributed by atoms with Crippen LogP contribution < -0.4 is 0 Å². The number of thiazole rings is 1. The second-order valence-electron chi connectivity index (χ2n) is 7.57. The van der Waals surface area contributed by atoms with Crippen LogP contribution >= 0.6 is 22.9 Å². The maximum absolute atomic E-state index is 13.3. The van der Waals surface area contributed by atoms with E-state index >= 15 is 0 Å². The smallest absolute Gasteiger partial charge is 0.274 e. The zero-order valence-electron chi connectivity index (χ0n) is 17.0. The topological polar surface area (TPSA) is 72.1 Å². The van der Waals surface area contributed by atoms with Gasteiger partial charge in [-0.25, -0.2) is 4.98 Å². The van der Waals surface area contributed by atoms with Gasteiger partial charge < -0.3 is 9.42 Å². The van der Waals surface area contributed by atoms with Gasteiger partial charge in [-0.1, -0.05) is 58.7 Å². The zero-order chi connectivity index (χ0) is 21.5. The summed E-state index contributed by atoms with van der Waals surface area (Å²) in [6, 6.07) is 13.4. The summed E-state index contributed by atoms with van der Waals surface area (Å²) in [5.74, 6) is 0.789. The molecule has 8 heteroatoms. The first-order valence-electron chi connectivity index (χ1n) is 9.93. The molecular weight excluding hydrogens is 432 g/mol. The van der Waals surface area contributed by atoms with Crippen LogP contribution in [0.1, 0.15) is 40.0 Å². The average Bonchev–Trinajstić information content (AvgIpc) is 3.39. The number of nitrogens with zero attached hydrogens (tertiary/aromatic N) is 4. The number of carbonyl (C=O) groups excluding carboxylic acids is 1. The molecule has 1 saturated heterocycles. The van der Waals surface area contributed by atoms with E-state index in [1.165, 1.54) is 11.3 Å². The van der Waals surface area contributed by atoms with Crippen LogP contribution in [-0.2, 0) is 0 Å². The number of rotatable bonds is 4. The first-order valence-corrected chi connectivity index (χ1v) is 11.2. The Kier molecular flexibility index (Phi) is 5.08. The van der Waals surface area contributed by atoms with Crippen LogP contribution in [0.15, 0.2) is 52.5 Å². The van der Waals surface area contributed by atoms with E-state index in [1.807, 2.05) is 50.2 Å². The second kappa shape index (κ2) is 7.90. The molecule has 2 aromatic carbocycles. The third-order valence-electron chi connectivity index (χ3n) is 5.57. The molecule has 0 spiro atoms. The number of aromatic nitrogens is 3. The van der Waals surface area contributed by atoms with E-state index in [9.17, 15) is 4.79 Å². The van der Waals surface area contributed by atoms with E-state index in [-0.39, 0.29) is 11.9 Å². The lowest BCUT2D eigenvalue weighted by atomic mass is 10.0. The van der Waals surface area contributed by atoms with Crippen molar-refractivity contribution in [3.05, 3.63) is 75.7 Å². The van der Waals surface area contributed by atoms with Gasteiger partial charge >= 0.3 is 0 Å². The minimum Gasteiger partial charge on any atom is -0.337 e. The molecule has 1 unspecified atom stereocenters. The predicted molar refractivity (Wildman–Crippen MR) is 120 cm³/mol. The molecule has 4 aromatic rings. The monoisotopic (exact) mass is 450 g/mol. The third kappa shape index (κ3) is 3.54. The van der Waals surface area contributed by atoms with Gasteiger partial charge in [-0.05, 0) is 37.5 Å². The quantitative estimate of drug-likeness (QED) is 0.397. The summed E-state index contributed by atoms with van der Waals surface area (Å²) in [5.41, 5.74) is 6.03. The van der Waals surface area contributed by atoms with Crippen LogP contribution in [-0.4, -0.2) is 32.5 Å². The number of hydrogen-bond acceptors (Lipinski definition) is 6. The number of amides is 1. The Balaban J connectivity index is 1.41. The van der Waals surface area contributed by atoms with Gasteiger partial charge in [-0.3, -0.25) is 4.79 Å². The number of hydrogen-bond donors (Lipinski definition) is 0. The Morgan fingerprint density at radius 2 is 2.06 bits per heavy atom. The molecule has 6 nitrogen and oxygen atoms in total. The summed E-state index contributed by atoms with van der Waals surface area (Å²) in [4.78, 5) is 24.8. The number of carbonyl (C=O) groups is 1. The van der Waals surface area contributed by atoms with Crippen molar-refractivity contribution in [2.24, 2.45) is 0 Å². The van der Waals surface area contributed by atoms with E-state index < -0.39 is 0 Å². The Hall–Kier alpha value is -3.03. The SMILES string of the molecule is Cc1cccc(-c2scnc2C(=O)N2CCC2c2nc(-c3cccc(Cl)c3C)no2)c1. The van der Waals surface area contributed by atoms with Crippen molar-refractivity contribution >= 4 is 28.8 Å². The van der Waals surface area contributed by atoms with E-state index in [0.717, 1.165) is 33.6 Å². The fourth-order valence-corrected chi connectivity index (χ4v) is 4.70. The number of halogens is 1. The summed E-state index contributed by atoms with van der Waals surface area (Å²) in [7, 11) is 0. The summed E-state index contributed by atoms with van der Waals surface area (Å²) >= 11 is 7.69. The lowest BCUT2D eigenvalue weighted by molar-refractivity contribution is 0.0374. The van der Waals surface area contributed by atoms with Gasteiger partial charge in [0.2, 0.25) is 11.7 Å². The fourth-order valence-electron chi connectivity index (χ4n) is 3.74. The highest BCUT2D eigenvalue weighted by atomic mass is 35.5. The molecule has 0 bridgehead atoms. The minimum atomic E-state index is -0.250. The maximum Gasteiger partial charge on any atom is 0.274 e. The zero-order valence-corrected chi connectivity index (χ0v) is 18.6. The second-order valence-corrected chi connectivity index (χ2v) is 8.83. The van der Waals surface area contributed by atoms with Crippen molar-refractivity contribution in [2.45, 2.75) is 26.3 Å². The van der Waals surface area contributed by atoms with Crippen molar-refractivity contribution in [1.82, 2.24) is 20.0 Å². The molecule has 2 aromatic heterocycles. The molecule has 3 heterocycles. The Morgan fingerprint density at radius 1 is 1.23 bits per heavy atom. The van der Waals surface area contributed by atoms with Gasteiger partial charge in [0.1, 0.15) is 11.7 Å². The molecule has 5 rings (SSSR count). The van der Waals surface area contributed by atoms with Crippen LogP contribution in [0.4, 0.5) is 0 Å². The summed E-state index contributed by atoms with van der Waals surface area (Å²) in [6.45, 7) is 4.58. The van der Waals surface area contributed by atoms with Gasteiger partial charge in [0.05, 0.1) is 10.4 Å². The van der Waals surface area contributed by atoms with E-state index in [0.29, 0.717) is 29.0 Å². The minimum absolute atomic E-state index is 0.118. The predicted octanol–water partition coefficient (Wildman–Crippen LogP) is 5.72. The van der Waals surface area contributed by atoms with Gasteiger partial charge in [-0.2, -0.15) is 4.98 Å². The van der Waals surface area contributed by atoms with E-state index in [4.69, 9.17) is 16.1 Å². The van der Waals surface area contributed by atoms with Crippen LogP contribution in [0.2, 0.25) is 5.02 Å². The highest BCUT2D eigenvalue weighted by Crippen LogP contribution is 2.37. The van der Waals surface area contributed by atoms with Crippen molar-refractivity contribution in [3.63, 3.8) is 0 Å². The lowest BCUT2D eigenvalue weighted by Crippen LogP contribution is -2.45.